The maximum absolute atomic E-state index is 5.90. The predicted octanol–water partition coefficient (Wildman–Crippen LogP) is 1.54. The Morgan fingerprint density at radius 3 is 2.27 bits per heavy atom. The Bertz CT molecular complexity index is 127. The molecule has 0 aliphatic carbocycles. The number of hydrogen-bond acceptors (Lipinski definition) is 2. The summed E-state index contributed by atoms with van der Waals surface area (Å²) in [6.45, 7) is 12.4. The van der Waals surface area contributed by atoms with Crippen molar-refractivity contribution in [3.63, 3.8) is 0 Å². The molecular weight excluding hydrogens is 154 g/mol. The van der Waals surface area contributed by atoms with Crippen molar-refractivity contribution in [3.8, 4) is 0 Å². The lowest BCUT2D eigenvalue weighted by atomic mass is 10.2. The lowest BCUT2D eigenvalue weighted by Crippen LogP contribution is -2.54. The van der Waals surface area contributed by atoms with E-state index in [-0.39, 0.29) is 0 Å². The number of likely N-dealkylation sites (N-methyl/N-ethyl adjacent to an activating group) is 1. The van der Waals surface area contributed by atoms with E-state index < -0.39 is 8.32 Å². The fraction of sp³-hybridized carbons (Fsp3) is 1.00. The summed E-state index contributed by atoms with van der Waals surface area (Å²) in [4.78, 5) is 2.41. The fourth-order valence-corrected chi connectivity index (χ4v) is 2.50. The van der Waals surface area contributed by atoms with E-state index in [0.717, 1.165) is 13.1 Å². The smallest absolute Gasteiger partial charge is 0.184 e. The molecule has 0 aromatic heterocycles. The molecule has 0 radical (unpaired) electrons. The van der Waals surface area contributed by atoms with Crippen LogP contribution in [-0.2, 0) is 4.43 Å². The van der Waals surface area contributed by atoms with E-state index in [0.29, 0.717) is 6.10 Å². The minimum atomic E-state index is -1.26. The molecule has 3 heteroatoms. The van der Waals surface area contributed by atoms with Crippen LogP contribution in [0.2, 0.25) is 19.6 Å². The highest BCUT2D eigenvalue weighted by atomic mass is 28.4. The Morgan fingerprint density at radius 1 is 1.36 bits per heavy atom. The summed E-state index contributed by atoms with van der Waals surface area (Å²) >= 11 is 0. The third-order valence-electron chi connectivity index (χ3n) is 1.89. The van der Waals surface area contributed by atoms with E-state index in [1.807, 2.05) is 0 Å². The van der Waals surface area contributed by atoms with Crippen LogP contribution in [0.1, 0.15) is 6.92 Å². The van der Waals surface area contributed by atoms with Crippen molar-refractivity contribution in [2.75, 3.05) is 19.6 Å². The van der Waals surface area contributed by atoms with Crippen LogP contribution in [0.25, 0.3) is 0 Å². The molecule has 0 amide bonds. The third-order valence-corrected chi connectivity index (χ3v) is 2.93. The highest BCUT2D eigenvalue weighted by molar-refractivity contribution is 6.69. The Balaban J connectivity index is 2.14. The van der Waals surface area contributed by atoms with Crippen molar-refractivity contribution < 1.29 is 4.43 Å². The first-order valence-electron chi connectivity index (χ1n) is 4.41. The van der Waals surface area contributed by atoms with Crippen molar-refractivity contribution in [3.05, 3.63) is 0 Å². The van der Waals surface area contributed by atoms with Gasteiger partial charge in [0.2, 0.25) is 0 Å². The van der Waals surface area contributed by atoms with E-state index in [2.05, 4.69) is 31.5 Å². The average molecular weight is 173 g/mol. The summed E-state index contributed by atoms with van der Waals surface area (Å²) in [5.74, 6) is 0. The summed E-state index contributed by atoms with van der Waals surface area (Å²) < 4.78 is 5.90. The summed E-state index contributed by atoms with van der Waals surface area (Å²) in [6, 6.07) is 0. The molecule has 11 heavy (non-hydrogen) atoms. The van der Waals surface area contributed by atoms with E-state index >= 15 is 0 Å². The zero-order chi connectivity index (χ0) is 8.48. The van der Waals surface area contributed by atoms with Crippen LogP contribution in [0.3, 0.4) is 0 Å². The summed E-state index contributed by atoms with van der Waals surface area (Å²) in [5.41, 5.74) is 0. The molecule has 0 saturated carbocycles. The maximum Gasteiger partial charge on any atom is 0.184 e. The summed E-state index contributed by atoms with van der Waals surface area (Å²) in [7, 11) is -1.26. The molecule has 0 aromatic rings. The molecule has 0 atom stereocenters. The summed E-state index contributed by atoms with van der Waals surface area (Å²) in [5, 5.41) is 0. The third kappa shape index (κ3) is 2.93. The van der Waals surface area contributed by atoms with Crippen LogP contribution < -0.4 is 0 Å². The first-order valence-corrected chi connectivity index (χ1v) is 7.82. The Morgan fingerprint density at radius 2 is 1.91 bits per heavy atom. The standard InChI is InChI=1S/C8H19NOSi/c1-5-9-6-8(7-9)10-11(2,3)4/h8H,5-7H2,1-4H3. The van der Waals surface area contributed by atoms with E-state index in [1.54, 1.807) is 0 Å². The largest absolute Gasteiger partial charge is 0.412 e. The lowest BCUT2D eigenvalue weighted by molar-refractivity contribution is 0.0186. The second-order valence-electron chi connectivity index (χ2n) is 4.20. The number of likely N-dealkylation sites (tertiary alicyclic amines) is 1. The number of rotatable bonds is 3. The summed E-state index contributed by atoms with van der Waals surface area (Å²) in [6.07, 6.45) is 0.543. The van der Waals surface area contributed by atoms with Crippen LogP contribution in [0.4, 0.5) is 0 Å². The first-order chi connectivity index (χ1) is 5.01. The van der Waals surface area contributed by atoms with Crippen molar-refractivity contribution in [2.45, 2.75) is 32.7 Å². The maximum atomic E-state index is 5.90. The average Bonchev–Trinajstić information content (AvgIpc) is 1.75. The molecule has 0 aromatic carbocycles. The van der Waals surface area contributed by atoms with Crippen LogP contribution in [-0.4, -0.2) is 39.0 Å². The van der Waals surface area contributed by atoms with Gasteiger partial charge in [-0.3, -0.25) is 4.90 Å². The SMILES string of the molecule is CCN1CC(O[Si](C)(C)C)C1. The van der Waals surface area contributed by atoms with Crippen molar-refractivity contribution >= 4 is 8.32 Å². The number of nitrogens with zero attached hydrogens (tertiary/aromatic N) is 1. The zero-order valence-electron chi connectivity index (χ0n) is 8.05. The Labute approximate surface area is 70.7 Å². The zero-order valence-corrected chi connectivity index (χ0v) is 9.05. The normalized spacial score (nSPS) is 21.8. The van der Waals surface area contributed by atoms with Gasteiger partial charge in [-0.2, -0.15) is 0 Å². The van der Waals surface area contributed by atoms with Gasteiger partial charge in [0.15, 0.2) is 8.32 Å². The molecule has 1 fully saturated rings. The van der Waals surface area contributed by atoms with Gasteiger partial charge < -0.3 is 4.43 Å². The van der Waals surface area contributed by atoms with Crippen molar-refractivity contribution in [1.82, 2.24) is 4.90 Å². The molecule has 1 aliphatic heterocycles. The second-order valence-corrected chi connectivity index (χ2v) is 8.66. The van der Waals surface area contributed by atoms with Gasteiger partial charge in [-0.1, -0.05) is 6.92 Å². The fourth-order valence-electron chi connectivity index (χ4n) is 1.36. The first kappa shape index (κ1) is 9.23. The van der Waals surface area contributed by atoms with Gasteiger partial charge in [0.05, 0.1) is 6.10 Å². The highest BCUT2D eigenvalue weighted by Gasteiger charge is 2.30. The predicted molar refractivity (Wildman–Crippen MR) is 50.3 cm³/mol. The highest BCUT2D eigenvalue weighted by Crippen LogP contribution is 2.16. The van der Waals surface area contributed by atoms with E-state index in [1.165, 1.54) is 6.54 Å². The second kappa shape index (κ2) is 3.25. The van der Waals surface area contributed by atoms with Gasteiger partial charge in [0.25, 0.3) is 0 Å². The molecule has 1 heterocycles. The van der Waals surface area contributed by atoms with Crippen LogP contribution in [0.5, 0.6) is 0 Å². The molecule has 0 N–H and O–H groups in total. The minimum Gasteiger partial charge on any atom is -0.412 e. The number of hydrogen-bond donors (Lipinski definition) is 0. The molecule has 0 spiro atoms. The quantitative estimate of drug-likeness (QED) is 0.600. The monoisotopic (exact) mass is 173 g/mol. The molecule has 0 unspecified atom stereocenters. The van der Waals surface area contributed by atoms with E-state index in [9.17, 15) is 0 Å². The van der Waals surface area contributed by atoms with Gasteiger partial charge >= 0.3 is 0 Å². The van der Waals surface area contributed by atoms with Crippen LogP contribution in [0, 0.1) is 0 Å². The molecule has 66 valence electrons. The molecule has 0 bridgehead atoms. The molecular formula is C8H19NOSi. The molecule has 1 rings (SSSR count). The van der Waals surface area contributed by atoms with Gasteiger partial charge in [-0.15, -0.1) is 0 Å². The van der Waals surface area contributed by atoms with Gasteiger partial charge in [-0.05, 0) is 26.2 Å². The Hall–Kier alpha value is 0.137. The molecule has 2 nitrogen and oxygen atoms in total. The van der Waals surface area contributed by atoms with Crippen molar-refractivity contribution in [2.24, 2.45) is 0 Å². The molecule has 1 aliphatic rings. The van der Waals surface area contributed by atoms with Crippen LogP contribution >= 0.6 is 0 Å². The molecule has 1 saturated heterocycles. The van der Waals surface area contributed by atoms with Gasteiger partial charge in [-0.25, -0.2) is 0 Å². The van der Waals surface area contributed by atoms with Gasteiger partial charge in [0.1, 0.15) is 0 Å². The van der Waals surface area contributed by atoms with Crippen molar-refractivity contribution in [1.29, 1.82) is 0 Å². The Kier molecular flexibility index (Phi) is 2.73. The van der Waals surface area contributed by atoms with Gasteiger partial charge in [0, 0.05) is 13.1 Å². The lowest BCUT2D eigenvalue weighted by Gasteiger charge is -2.41. The van der Waals surface area contributed by atoms with E-state index in [4.69, 9.17) is 4.43 Å². The minimum absolute atomic E-state index is 0.543. The van der Waals surface area contributed by atoms with Crippen LogP contribution in [0.15, 0.2) is 0 Å². The topological polar surface area (TPSA) is 12.5 Å².